The monoisotopic (exact) mass is 412 g/mol. The molecular formula is C20H20F4N2O3. The number of ketones is 1. The summed E-state index contributed by atoms with van der Waals surface area (Å²) in [5.41, 5.74) is -4.45. The molecule has 1 aliphatic carbocycles. The van der Waals surface area contributed by atoms with Crippen LogP contribution in [0, 0.1) is 11.2 Å². The second kappa shape index (κ2) is 6.67. The van der Waals surface area contributed by atoms with E-state index in [1.54, 1.807) is 19.2 Å². The smallest absolute Gasteiger partial charge is 0.331 e. The largest absolute Gasteiger partial charge is 0.425 e. The fourth-order valence-corrected chi connectivity index (χ4v) is 4.03. The van der Waals surface area contributed by atoms with Crippen LogP contribution in [0.2, 0.25) is 0 Å². The molecule has 156 valence electrons. The van der Waals surface area contributed by atoms with E-state index < -0.39 is 46.1 Å². The molecule has 2 aliphatic rings. The van der Waals surface area contributed by atoms with Crippen molar-refractivity contribution in [3.8, 4) is 0 Å². The van der Waals surface area contributed by atoms with Crippen LogP contribution in [0.15, 0.2) is 35.5 Å². The number of nitrogens with one attached hydrogen (secondary N) is 1. The van der Waals surface area contributed by atoms with Gasteiger partial charge in [-0.05, 0) is 29.5 Å². The van der Waals surface area contributed by atoms with Crippen molar-refractivity contribution in [2.45, 2.75) is 51.9 Å². The number of allylic oxidation sites excluding steroid dienone is 1. The Hall–Kier alpha value is -2.71. The highest BCUT2D eigenvalue weighted by Crippen LogP contribution is 2.52. The first-order valence-corrected chi connectivity index (χ1v) is 8.97. The maximum absolute atomic E-state index is 14.2. The second-order valence-electron chi connectivity index (χ2n) is 8.21. The van der Waals surface area contributed by atoms with Crippen molar-refractivity contribution in [3.05, 3.63) is 46.9 Å². The molecule has 1 unspecified atom stereocenters. The standard InChI is InChI=1S/C20H20F4N2O3/c1-11(27)25-19(20(22,23)24)16-14(8-18(2,3)9-15(16)28)26(17(19)29)10-12-4-6-13(21)7-5-12/h4-7H,8-10H2,1-3H3,(H,25,27). The summed E-state index contributed by atoms with van der Waals surface area (Å²) in [6, 6.07) is 4.97. The summed E-state index contributed by atoms with van der Waals surface area (Å²) in [6.45, 7) is 4.03. The van der Waals surface area contributed by atoms with Crippen LogP contribution in [0.25, 0.3) is 0 Å². The second-order valence-corrected chi connectivity index (χ2v) is 8.21. The molecule has 0 radical (unpaired) electrons. The van der Waals surface area contributed by atoms with Crippen LogP contribution in [0.5, 0.6) is 0 Å². The summed E-state index contributed by atoms with van der Waals surface area (Å²) in [4.78, 5) is 38.5. The Morgan fingerprint density at radius 2 is 1.72 bits per heavy atom. The Kier molecular flexibility index (Phi) is 4.83. The van der Waals surface area contributed by atoms with Crippen molar-refractivity contribution in [1.82, 2.24) is 10.2 Å². The zero-order valence-corrected chi connectivity index (χ0v) is 16.1. The molecule has 0 bridgehead atoms. The van der Waals surface area contributed by atoms with Gasteiger partial charge in [0.15, 0.2) is 5.78 Å². The molecule has 2 amide bonds. The van der Waals surface area contributed by atoms with E-state index in [0.29, 0.717) is 5.56 Å². The minimum absolute atomic E-state index is 0.0494. The molecule has 0 spiro atoms. The van der Waals surface area contributed by atoms with Crippen molar-refractivity contribution in [3.63, 3.8) is 0 Å². The number of Topliss-reactive ketones (excluding diaryl/α,β-unsaturated/α-hetero) is 1. The van der Waals surface area contributed by atoms with Gasteiger partial charge in [-0.3, -0.25) is 14.4 Å². The number of nitrogens with zero attached hydrogens (tertiary/aromatic N) is 1. The molecule has 29 heavy (non-hydrogen) atoms. The van der Waals surface area contributed by atoms with Gasteiger partial charge in [0.05, 0.1) is 12.1 Å². The van der Waals surface area contributed by atoms with Crippen LogP contribution < -0.4 is 5.32 Å². The third kappa shape index (κ3) is 3.42. The molecule has 1 heterocycles. The minimum atomic E-state index is -5.22. The predicted molar refractivity (Wildman–Crippen MR) is 94.6 cm³/mol. The number of rotatable bonds is 3. The van der Waals surface area contributed by atoms with Crippen LogP contribution in [-0.2, 0) is 20.9 Å². The lowest BCUT2D eigenvalue weighted by Crippen LogP contribution is -2.65. The first-order chi connectivity index (χ1) is 13.3. The number of carbonyl (C=O) groups excluding carboxylic acids is 3. The van der Waals surface area contributed by atoms with Crippen molar-refractivity contribution >= 4 is 17.6 Å². The number of hydrogen-bond acceptors (Lipinski definition) is 3. The van der Waals surface area contributed by atoms with Crippen molar-refractivity contribution in [2.24, 2.45) is 5.41 Å². The summed E-state index contributed by atoms with van der Waals surface area (Å²) in [7, 11) is 0. The summed E-state index contributed by atoms with van der Waals surface area (Å²) < 4.78 is 55.9. The predicted octanol–water partition coefficient (Wildman–Crippen LogP) is 3.25. The molecule has 1 aromatic rings. The van der Waals surface area contributed by atoms with Crippen LogP contribution in [0.4, 0.5) is 17.6 Å². The van der Waals surface area contributed by atoms with Gasteiger partial charge in [-0.1, -0.05) is 26.0 Å². The normalized spacial score (nSPS) is 24.0. The Bertz CT molecular complexity index is 919. The lowest BCUT2D eigenvalue weighted by atomic mass is 9.72. The average Bonchev–Trinajstić information content (AvgIpc) is 2.78. The van der Waals surface area contributed by atoms with Crippen LogP contribution in [-0.4, -0.2) is 34.2 Å². The molecule has 0 saturated heterocycles. The zero-order chi connectivity index (χ0) is 21.8. The third-order valence-corrected chi connectivity index (χ3v) is 5.16. The van der Waals surface area contributed by atoms with Crippen LogP contribution >= 0.6 is 0 Å². The van der Waals surface area contributed by atoms with Crippen molar-refractivity contribution in [1.29, 1.82) is 0 Å². The first-order valence-electron chi connectivity index (χ1n) is 8.97. The Labute approximate surface area is 164 Å². The minimum Gasteiger partial charge on any atom is -0.331 e. The molecule has 0 saturated carbocycles. The maximum atomic E-state index is 14.2. The van der Waals surface area contributed by atoms with Gasteiger partial charge in [-0.2, -0.15) is 13.2 Å². The van der Waals surface area contributed by atoms with Crippen LogP contribution in [0.1, 0.15) is 39.2 Å². The summed E-state index contributed by atoms with van der Waals surface area (Å²) in [5.74, 6) is -3.86. The van der Waals surface area contributed by atoms with Gasteiger partial charge in [-0.15, -0.1) is 0 Å². The van der Waals surface area contributed by atoms with E-state index >= 15 is 0 Å². The van der Waals surface area contributed by atoms with E-state index in [4.69, 9.17) is 0 Å². The summed E-state index contributed by atoms with van der Waals surface area (Å²) >= 11 is 0. The van der Waals surface area contributed by atoms with Crippen molar-refractivity contribution in [2.75, 3.05) is 0 Å². The van der Waals surface area contributed by atoms with Gasteiger partial charge in [0.1, 0.15) is 5.82 Å². The van der Waals surface area contributed by atoms with Gasteiger partial charge < -0.3 is 10.2 Å². The van der Waals surface area contributed by atoms with Crippen molar-refractivity contribution < 1.29 is 31.9 Å². The van der Waals surface area contributed by atoms with Gasteiger partial charge in [0.25, 0.3) is 5.91 Å². The molecule has 1 atom stereocenters. The number of carbonyl (C=O) groups is 3. The highest BCUT2D eigenvalue weighted by Gasteiger charge is 2.71. The fraction of sp³-hybridized carbons (Fsp3) is 0.450. The molecule has 0 aromatic heterocycles. The zero-order valence-electron chi connectivity index (χ0n) is 16.1. The maximum Gasteiger partial charge on any atom is 0.425 e. The van der Waals surface area contributed by atoms with E-state index in [9.17, 15) is 31.9 Å². The summed E-state index contributed by atoms with van der Waals surface area (Å²) in [6.07, 6.45) is -5.34. The number of benzene rings is 1. The molecular weight excluding hydrogens is 392 g/mol. The molecule has 0 fully saturated rings. The van der Waals surface area contributed by atoms with Gasteiger partial charge >= 0.3 is 6.18 Å². The Morgan fingerprint density at radius 1 is 1.14 bits per heavy atom. The van der Waals surface area contributed by atoms with E-state index in [1.165, 1.54) is 12.1 Å². The lowest BCUT2D eigenvalue weighted by Gasteiger charge is -2.35. The van der Waals surface area contributed by atoms with Crippen LogP contribution in [0.3, 0.4) is 0 Å². The van der Waals surface area contributed by atoms with E-state index in [2.05, 4.69) is 0 Å². The topological polar surface area (TPSA) is 66.5 Å². The van der Waals surface area contributed by atoms with Gasteiger partial charge in [0, 0.05) is 19.0 Å². The molecule has 1 N–H and O–H groups in total. The Balaban J connectivity index is 2.20. The molecule has 1 aromatic carbocycles. The lowest BCUT2D eigenvalue weighted by molar-refractivity contribution is -0.194. The third-order valence-electron chi connectivity index (χ3n) is 5.16. The number of alkyl halides is 3. The quantitative estimate of drug-likeness (QED) is 0.776. The molecule has 3 rings (SSSR count). The first kappa shape index (κ1) is 21.0. The fourth-order valence-electron chi connectivity index (χ4n) is 4.03. The van der Waals surface area contributed by atoms with E-state index in [-0.39, 0.29) is 25.1 Å². The Morgan fingerprint density at radius 3 is 2.24 bits per heavy atom. The van der Waals surface area contributed by atoms with Gasteiger partial charge in [-0.25, -0.2) is 4.39 Å². The average molecular weight is 412 g/mol. The molecule has 5 nitrogen and oxygen atoms in total. The molecule has 1 aliphatic heterocycles. The highest BCUT2D eigenvalue weighted by molar-refractivity contribution is 6.13. The van der Waals surface area contributed by atoms with Gasteiger partial charge in [0.2, 0.25) is 11.4 Å². The number of amides is 2. The highest BCUT2D eigenvalue weighted by atomic mass is 19.4. The summed E-state index contributed by atoms with van der Waals surface area (Å²) in [5, 5.41) is 1.73. The SMILES string of the molecule is CC(=O)NC1(C(F)(F)F)C(=O)N(Cc2ccc(F)cc2)C2=C1C(=O)CC(C)(C)C2. The number of hydrogen-bond donors (Lipinski definition) is 1. The molecule has 9 heteroatoms. The van der Waals surface area contributed by atoms with E-state index in [0.717, 1.165) is 24.0 Å². The number of halogens is 4. The van der Waals surface area contributed by atoms with E-state index in [1.807, 2.05) is 0 Å².